The van der Waals surface area contributed by atoms with Crippen LogP contribution in [0.3, 0.4) is 0 Å². The fourth-order valence-electron chi connectivity index (χ4n) is 2.86. The maximum absolute atomic E-state index is 12.4. The average molecular weight is 277 g/mol. The minimum absolute atomic E-state index is 0. The second-order valence-corrected chi connectivity index (χ2v) is 5.44. The monoisotopic (exact) mass is 276 g/mol. The number of hydrogen-bond acceptors (Lipinski definition) is 3. The van der Waals surface area contributed by atoms with E-state index >= 15 is 0 Å². The third-order valence-electron chi connectivity index (χ3n) is 4.19. The van der Waals surface area contributed by atoms with Gasteiger partial charge in [-0.15, -0.1) is 12.4 Å². The van der Waals surface area contributed by atoms with E-state index < -0.39 is 0 Å². The third-order valence-corrected chi connectivity index (χ3v) is 4.19. The Morgan fingerprint density at radius 1 is 1.33 bits per heavy atom. The van der Waals surface area contributed by atoms with E-state index in [1.54, 1.807) is 0 Å². The van der Waals surface area contributed by atoms with E-state index in [-0.39, 0.29) is 36.4 Å². The highest BCUT2D eigenvalue weighted by Gasteiger charge is 2.38. The molecule has 2 fully saturated rings. The predicted octanol–water partition coefficient (Wildman–Crippen LogP) is 1.56. The van der Waals surface area contributed by atoms with Crippen molar-refractivity contribution < 1.29 is 9.53 Å². The van der Waals surface area contributed by atoms with Crippen LogP contribution in [0.15, 0.2) is 0 Å². The number of morpholine rings is 1. The molecular formula is C13H25ClN2O2. The molecule has 1 saturated carbocycles. The molecule has 2 N–H and O–H groups in total. The molecule has 1 aliphatic carbocycles. The largest absolute Gasteiger partial charge is 0.374 e. The Hall–Kier alpha value is -0.320. The van der Waals surface area contributed by atoms with E-state index in [0.29, 0.717) is 12.6 Å². The fourth-order valence-corrected chi connectivity index (χ4v) is 2.86. The lowest BCUT2D eigenvalue weighted by Gasteiger charge is -2.45. The van der Waals surface area contributed by atoms with Crippen LogP contribution in [-0.4, -0.2) is 42.1 Å². The minimum Gasteiger partial charge on any atom is -0.374 e. The second kappa shape index (κ2) is 6.73. The lowest BCUT2D eigenvalue weighted by atomic mass is 9.89. The molecule has 0 spiro atoms. The van der Waals surface area contributed by atoms with Crippen molar-refractivity contribution in [1.29, 1.82) is 0 Å². The van der Waals surface area contributed by atoms with Crippen molar-refractivity contribution in [1.82, 2.24) is 4.90 Å². The molecule has 0 aromatic heterocycles. The van der Waals surface area contributed by atoms with Crippen molar-refractivity contribution in [3.63, 3.8) is 0 Å². The highest BCUT2D eigenvalue weighted by molar-refractivity contribution is 5.85. The van der Waals surface area contributed by atoms with Crippen molar-refractivity contribution >= 4 is 18.3 Å². The quantitative estimate of drug-likeness (QED) is 0.833. The summed E-state index contributed by atoms with van der Waals surface area (Å²) >= 11 is 0. The van der Waals surface area contributed by atoms with Crippen molar-refractivity contribution in [3.05, 3.63) is 0 Å². The van der Waals surface area contributed by atoms with Crippen LogP contribution in [0.4, 0.5) is 0 Å². The molecule has 1 heterocycles. The molecule has 2 rings (SSSR count). The number of amides is 1. The van der Waals surface area contributed by atoms with Crippen LogP contribution < -0.4 is 5.73 Å². The second-order valence-electron chi connectivity index (χ2n) is 5.44. The molecule has 0 radical (unpaired) electrons. The van der Waals surface area contributed by atoms with Gasteiger partial charge in [-0.25, -0.2) is 0 Å². The first-order valence-corrected chi connectivity index (χ1v) is 6.79. The maximum atomic E-state index is 12.4. The maximum Gasteiger partial charge on any atom is 0.227 e. The van der Waals surface area contributed by atoms with Gasteiger partial charge < -0.3 is 15.4 Å². The van der Waals surface area contributed by atoms with Gasteiger partial charge in [0.05, 0.1) is 24.7 Å². The van der Waals surface area contributed by atoms with E-state index in [4.69, 9.17) is 10.5 Å². The smallest absolute Gasteiger partial charge is 0.227 e. The topological polar surface area (TPSA) is 55.6 Å². The summed E-state index contributed by atoms with van der Waals surface area (Å²) < 4.78 is 5.78. The van der Waals surface area contributed by atoms with E-state index in [0.717, 1.165) is 19.4 Å². The predicted molar refractivity (Wildman–Crippen MR) is 73.8 cm³/mol. The first-order chi connectivity index (χ1) is 8.11. The molecule has 1 aliphatic heterocycles. The number of rotatable bonds is 2. The number of carbonyl (C=O) groups is 1. The fraction of sp³-hybridized carbons (Fsp3) is 0.923. The molecule has 0 aromatic rings. The molecule has 4 nitrogen and oxygen atoms in total. The van der Waals surface area contributed by atoms with Gasteiger partial charge in [0.15, 0.2) is 0 Å². The molecule has 2 aliphatic rings. The first-order valence-electron chi connectivity index (χ1n) is 6.79. The molecule has 5 heteroatoms. The van der Waals surface area contributed by atoms with Crippen molar-refractivity contribution in [2.75, 3.05) is 13.2 Å². The molecule has 18 heavy (non-hydrogen) atoms. The van der Waals surface area contributed by atoms with Crippen molar-refractivity contribution in [2.45, 2.75) is 57.7 Å². The Morgan fingerprint density at radius 3 is 2.67 bits per heavy atom. The van der Waals surface area contributed by atoms with E-state index in [9.17, 15) is 4.79 Å². The van der Waals surface area contributed by atoms with Crippen LogP contribution in [0.1, 0.15) is 39.5 Å². The van der Waals surface area contributed by atoms with Crippen LogP contribution in [0.5, 0.6) is 0 Å². The van der Waals surface area contributed by atoms with Gasteiger partial charge in [-0.1, -0.05) is 19.8 Å². The summed E-state index contributed by atoms with van der Waals surface area (Å²) in [6.07, 6.45) is 4.89. The number of nitrogens with zero attached hydrogens (tertiary/aromatic N) is 1. The summed E-state index contributed by atoms with van der Waals surface area (Å²) in [5.74, 6) is 0.121. The third kappa shape index (κ3) is 3.16. The molecule has 4 unspecified atom stereocenters. The zero-order valence-electron chi connectivity index (χ0n) is 11.3. The van der Waals surface area contributed by atoms with Gasteiger partial charge in [0.2, 0.25) is 5.91 Å². The van der Waals surface area contributed by atoms with Gasteiger partial charge in [0, 0.05) is 12.6 Å². The SMILES string of the molecule is CC(N)C(C)C(=O)N1CCOC2CCCCC21.Cl. The highest BCUT2D eigenvalue weighted by Crippen LogP contribution is 2.29. The Bertz CT molecular complexity index is 284. The van der Waals surface area contributed by atoms with Gasteiger partial charge >= 0.3 is 0 Å². The van der Waals surface area contributed by atoms with Crippen molar-refractivity contribution in [3.8, 4) is 0 Å². The zero-order chi connectivity index (χ0) is 12.4. The summed E-state index contributed by atoms with van der Waals surface area (Å²) in [6.45, 7) is 5.25. The minimum atomic E-state index is -0.0873. The molecule has 4 atom stereocenters. The van der Waals surface area contributed by atoms with Crippen LogP contribution in [0.2, 0.25) is 0 Å². The first kappa shape index (κ1) is 15.7. The zero-order valence-corrected chi connectivity index (χ0v) is 12.1. The molecule has 0 aromatic carbocycles. The highest BCUT2D eigenvalue weighted by atomic mass is 35.5. The number of nitrogens with two attached hydrogens (primary N) is 1. The van der Waals surface area contributed by atoms with Gasteiger partial charge in [0.25, 0.3) is 0 Å². The summed E-state index contributed by atoms with van der Waals surface area (Å²) in [6, 6.07) is 0.221. The van der Waals surface area contributed by atoms with Gasteiger partial charge in [-0.05, 0) is 19.8 Å². The van der Waals surface area contributed by atoms with E-state index in [1.807, 2.05) is 18.7 Å². The molecule has 1 saturated heterocycles. The van der Waals surface area contributed by atoms with Gasteiger partial charge in [-0.3, -0.25) is 4.79 Å². The van der Waals surface area contributed by atoms with Crippen LogP contribution in [-0.2, 0) is 9.53 Å². The Morgan fingerprint density at radius 2 is 2.00 bits per heavy atom. The Kier molecular flexibility index (Phi) is 5.89. The Balaban J connectivity index is 0.00000162. The van der Waals surface area contributed by atoms with E-state index in [2.05, 4.69) is 0 Å². The number of carbonyl (C=O) groups excluding carboxylic acids is 1. The molecule has 106 valence electrons. The molecule has 0 bridgehead atoms. The normalized spacial score (nSPS) is 30.9. The summed E-state index contributed by atoms with van der Waals surface area (Å²) in [7, 11) is 0. The Labute approximate surface area is 116 Å². The average Bonchev–Trinajstić information content (AvgIpc) is 2.36. The van der Waals surface area contributed by atoms with E-state index in [1.165, 1.54) is 12.8 Å². The summed E-state index contributed by atoms with van der Waals surface area (Å²) in [4.78, 5) is 14.4. The van der Waals surface area contributed by atoms with Crippen molar-refractivity contribution in [2.24, 2.45) is 11.7 Å². The van der Waals surface area contributed by atoms with Crippen LogP contribution in [0.25, 0.3) is 0 Å². The van der Waals surface area contributed by atoms with Gasteiger partial charge in [0.1, 0.15) is 0 Å². The number of hydrogen-bond donors (Lipinski definition) is 1. The lowest BCUT2D eigenvalue weighted by molar-refractivity contribution is -0.153. The molecule has 1 amide bonds. The lowest BCUT2D eigenvalue weighted by Crippen LogP contribution is -2.57. The number of halogens is 1. The number of ether oxygens (including phenoxy) is 1. The van der Waals surface area contributed by atoms with Gasteiger partial charge in [-0.2, -0.15) is 0 Å². The molecular weight excluding hydrogens is 252 g/mol. The summed E-state index contributed by atoms with van der Waals surface area (Å²) in [5, 5.41) is 0. The number of fused-ring (bicyclic) bond motifs is 1. The van der Waals surface area contributed by atoms with Crippen LogP contribution >= 0.6 is 12.4 Å². The summed E-state index contributed by atoms with van der Waals surface area (Å²) in [5.41, 5.74) is 5.83. The standard InChI is InChI=1S/C13H24N2O2.ClH/c1-9(10(2)14)13(16)15-7-8-17-12-6-4-3-5-11(12)15;/h9-12H,3-8,14H2,1-2H3;1H. The van der Waals surface area contributed by atoms with Crippen LogP contribution in [0, 0.1) is 5.92 Å².